The van der Waals surface area contributed by atoms with Crippen molar-refractivity contribution < 1.29 is 28.7 Å². The lowest BCUT2D eigenvalue weighted by Gasteiger charge is -2.33. The minimum absolute atomic E-state index is 0.0360. The van der Waals surface area contributed by atoms with E-state index in [2.05, 4.69) is 26.3 Å². The number of amides is 3. The van der Waals surface area contributed by atoms with Gasteiger partial charge < -0.3 is 35.6 Å². The molecule has 1 unspecified atom stereocenters. The molecule has 2 aliphatic heterocycles. The SMILES string of the molecule is COC(=O)[C@H](CNC(=O)C1CCN(C(=O)C(C)CNC2=NCCN2)CC1)NC(=O)OCc1ccccc1. The maximum absolute atomic E-state index is 12.8. The Hall–Kier alpha value is -3.83. The number of benzene rings is 1. The molecule has 202 valence electrons. The monoisotopic (exact) mass is 516 g/mol. The molecule has 0 saturated carbocycles. The Morgan fingerprint density at radius 2 is 1.86 bits per heavy atom. The van der Waals surface area contributed by atoms with Crippen LogP contribution in [0.2, 0.25) is 0 Å². The van der Waals surface area contributed by atoms with Gasteiger partial charge in [0.25, 0.3) is 0 Å². The average molecular weight is 517 g/mol. The molecule has 2 heterocycles. The molecule has 37 heavy (non-hydrogen) atoms. The van der Waals surface area contributed by atoms with Crippen molar-refractivity contribution in [1.29, 1.82) is 0 Å². The van der Waals surface area contributed by atoms with Crippen LogP contribution >= 0.6 is 0 Å². The van der Waals surface area contributed by atoms with Gasteiger partial charge in [-0.05, 0) is 18.4 Å². The van der Waals surface area contributed by atoms with Crippen molar-refractivity contribution in [3.8, 4) is 0 Å². The Kier molecular flexibility index (Phi) is 10.5. The first-order valence-corrected chi connectivity index (χ1v) is 12.5. The third-order valence-electron chi connectivity index (χ3n) is 6.32. The molecule has 1 fully saturated rings. The van der Waals surface area contributed by atoms with E-state index >= 15 is 0 Å². The molecule has 12 heteroatoms. The van der Waals surface area contributed by atoms with Crippen LogP contribution in [0.25, 0.3) is 0 Å². The van der Waals surface area contributed by atoms with Crippen LogP contribution in [0.5, 0.6) is 0 Å². The zero-order chi connectivity index (χ0) is 26.6. The van der Waals surface area contributed by atoms with Crippen LogP contribution in [0, 0.1) is 11.8 Å². The Morgan fingerprint density at radius 1 is 1.14 bits per heavy atom. The second-order valence-electron chi connectivity index (χ2n) is 9.07. The molecule has 0 bridgehead atoms. The van der Waals surface area contributed by atoms with Crippen molar-refractivity contribution in [2.45, 2.75) is 32.4 Å². The predicted molar refractivity (Wildman–Crippen MR) is 135 cm³/mol. The third kappa shape index (κ3) is 8.65. The van der Waals surface area contributed by atoms with Crippen molar-refractivity contribution in [1.82, 2.24) is 26.2 Å². The fourth-order valence-electron chi connectivity index (χ4n) is 4.12. The lowest BCUT2D eigenvalue weighted by Crippen LogP contribution is -2.51. The van der Waals surface area contributed by atoms with Gasteiger partial charge in [0.1, 0.15) is 12.6 Å². The Bertz CT molecular complexity index is 964. The maximum atomic E-state index is 12.8. The summed E-state index contributed by atoms with van der Waals surface area (Å²) in [5.41, 5.74) is 0.802. The molecule has 4 N–H and O–H groups in total. The van der Waals surface area contributed by atoms with Gasteiger partial charge in [-0.1, -0.05) is 37.3 Å². The molecule has 12 nitrogen and oxygen atoms in total. The van der Waals surface area contributed by atoms with E-state index in [1.54, 1.807) is 4.90 Å². The fraction of sp³-hybridized carbons (Fsp3) is 0.560. The summed E-state index contributed by atoms with van der Waals surface area (Å²) < 4.78 is 9.90. The number of hydrogen-bond donors (Lipinski definition) is 4. The van der Waals surface area contributed by atoms with E-state index in [4.69, 9.17) is 9.47 Å². The van der Waals surface area contributed by atoms with E-state index in [-0.39, 0.29) is 36.8 Å². The van der Waals surface area contributed by atoms with Crippen molar-refractivity contribution in [2.75, 3.05) is 46.4 Å². The van der Waals surface area contributed by atoms with Gasteiger partial charge in [0.2, 0.25) is 11.8 Å². The number of carbonyl (C=O) groups is 4. The molecule has 2 atom stereocenters. The van der Waals surface area contributed by atoms with E-state index in [9.17, 15) is 19.2 Å². The van der Waals surface area contributed by atoms with E-state index in [1.807, 2.05) is 37.3 Å². The van der Waals surface area contributed by atoms with Crippen molar-refractivity contribution in [2.24, 2.45) is 16.8 Å². The van der Waals surface area contributed by atoms with Gasteiger partial charge in [0.15, 0.2) is 5.96 Å². The zero-order valence-corrected chi connectivity index (χ0v) is 21.3. The standard InChI is InChI=1S/C25H36N6O6/c1-17(14-29-24-26-10-11-27-24)22(33)31-12-8-19(9-13-31)21(32)28-15-20(23(34)36-2)30-25(35)37-16-18-6-4-3-5-7-18/h3-7,17,19-20H,8-16H2,1-2H3,(H,28,32)(H,30,35)(H2,26,27,29)/t17?,20-/m0/s1. The molecular weight excluding hydrogens is 480 g/mol. The van der Waals surface area contributed by atoms with Gasteiger partial charge in [-0.3, -0.25) is 14.6 Å². The summed E-state index contributed by atoms with van der Waals surface area (Å²) in [6.45, 7) is 4.76. The Balaban J connectivity index is 1.39. The smallest absolute Gasteiger partial charge is 0.408 e. The van der Waals surface area contributed by atoms with Crippen molar-refractivity contribution >= 4 is 29.8 Å². The topological polar surface area (TPSA) is 150 Å². The third-order valence-corrected chi connectivity index (χ3v) is 6.32. The number of alkyl carbamates (subject to hydrolysis) is 1. The quantitative estimate of drug-likeness (QED) is 0.317. The van der Waals surface area contributed by atoms with Crippen LogP contribution in [-0.2, 0) is 30.5 Å². The number of aliphatic imine (C=N–C) groups is 1. The molecule has 0 radical (unpaired) electrons. The lowest BCUT2D eigenvalue weighted by atomic mass is 9.95. The van der Waals surface area contributed by atoms with Crippen LogP contribution in [0.3, 0.4) is 0 Å². The summed E-state index contributed by atoms with van der Waals surface area (Å²) >= 11 is 0. The Morgan fingerprint density at radius 3 is 2.51 bits per heavy atom. The summed E-state index contributed by atoms with van der Waals surface area (Å²) in [6, 6.07) is 8.03. The number of hydrogen-bond acceptors (Lipinski definition) is 9. The first-order valence-electron chi connectivity index (χ1n) is 12.5. The van der Waals surface area contributed by atoms with E-state index < -0.39 is 18.1 Å². The molecule has 1 saturated heterocycles. The number of nitrogens with one attached hydrogen (secondary N) is 4. The summed E-state index contributed by atoms with van der Waals surface area (Å²) in [5.74, 6) is -0.686. The Labute approximate surface area is 216 Å². The van der Waals surface area contributed by atoms with Gasteiger partial charge in [-0.15, -0.1) is 0 Å². The minimum Gasteiger partial charge on any atom is -0.467 e. The second kappa shape index (κ2) is 14.0. The molecule has 0 aliphatic carbocycles. The molecule has 3 amide bonds. The minimum atomic E-state index is -1.09. The number of esters is 1. The maximum Gasteiger partial charge on any atom is 0.408 e. The van der Waals surface area contributed by atoms with Crippen LogP contribution in [0.15, 0.2) is 35.3 Å². The van der Waals surface area contributed by atoms with E-state index in [0.717, 1.165) is 24.6 Å². The fourth-order valence-corrected chi connectivity index (χ4v) is 4.12. The van der Waals surface area contributed by atoms with Crippen molar-refractivity contribution in [3.05, 3.63) is 35.9 Å². The van der Waals surface area contributed by atoms with Crippen molar-refractivity contribution in [3.63, 3.8) is 0 Å². The van der Waals surface area contributed by atoms with Gasteiger partial charge in [0.05, 0.1) is 19.6 Å². The summed E-state index contributed by atoms with van der Waals surface area (Å²) in [6.07, 6.45) is 0.239. The predicted octanol–water partition coefficient (Wildman–Crippen LogP) is -0.00590. The second-order valence-corrected chi connectivity index (χ2v) is 9.07. The van der Waals surface area contributed by atoms with Crippen LogP contribution < -0.4 is 21.3 Å². The normalized spacial score (nSPS) is 17.0. The number of carbonyl (C=O) groups excluding carboxylic acids is 4. The van der Waals surface area contributed by atoms with Crippen LogP contribution in [-0.4, -0.2) is 87.2 Å². The molecular formula is C25H36N6O6. The zero-order valence-electron chi connectivity index (χ0n) is 21.3. The number of methoxy groups -OCH3 is 1. The van der Waals surface area contributed by atoms with Gasteiger partial charge >= 0.3 is 12.1 Å². The molecule has 0 spiro atoms. The summed E-state index contributed by atoms with van der Waals surface area (Å²) in [5, 5.41) is 11.4. The molecule has 3 rings (SSSR count). The van der Waals surface area contributed by atoms with Gasteiger partial charge in [-0.25, -0.2) is 9.59 Å². The molecule has 1 aromatic rings. The largest absolute Gasteiger partial charge is 0.467 e. The van der Waals surface area contributed by atoms with Crippen LogP contribution in [0.1, 0.15) is 25.3 Å². The van der Waals surface area contributed by atoms with Crippen LogP contribution in [0.4, 0.5) is 4.79 Å². The van der Waals surface area contributed by atoms with E-state index in [0.29, 0.717) is 32.5 Å². The number of guanidine groups is 1. The highest BCUT2D eigenvalue weighted by molar-refractivity contribution is 5.85. The highest BCUT2D eigenvalue weighted by atomic mass is 16.6. The molecule has 1 aromatic carbocycles. The first-order chi connectivity index (χ1) is 17.9. The number of nitrogens with zero attached hydrogens (tertiary/aromatic N) is 2. The van der Waals surface area contributed by atoms with E-state index in [1.165, 1.54) is 7.11 Å². The molecule has 0 aromatic heterocycles. The summed E-state index contributed by atoms with van der Waals surface area (Å²) in [4.78, 5) is 55.8. The number of rotatable bonds is 10. The average Bonchev–Trinajstić information content (AvgIpc) is 3.46. The number of ether oxygens (including phenoxy) is 2. The van der Waals surface area contributed by atoms with Gasteiger partial charge in [-0.2, -0.15) is 0 Å². The first kappa shape index (κ1) is 27.8. The highest BCUT2D eigenvalue weighted by Crippen LogP contribution is 2.19. The van der Waals surface area contributed by atoms with Gasteiger partial charge in [0, 0.05) is 38.6 Å². The summed E-state index contributed by atoms with van der Waals surface area (Å²) in [7, 11) is 1.20. The number of likely N-dealkylation sites (tertiary alicyclic amines) is 1. The highest BCUT2D eigenvalue weighted by Gasteiger charge is 2.30. The molecule has 2 aliphatic rings. The number of piperidine rings is 1. The lowest BCUT2D eigenvalue weighted by molar-refractivity contribution is -0.143.